The lowest BCUT2D eigenvalue weighted by Crippen LogP contribution is -2.31. The molecule has 0 radical (unpaired) electrons. The minimum Gasteiger partial charge on any atom is -0.287 e. The van der Waals surface area contributed by atoms with E-state index in [1.165, 1.54) is 24.2 Å². The monoisotopic (exact) mass is 312 g/mol. The van der Waals surface area contributed by atoms with Gasteiger partial charge in [-0.15, -0.1) is 5.10 Å². The van der Waals surface area contributed by atoms with Crippen molar-refractivity contribution >= 4 is 34.6 Å². The number of hydrogen-bond acceptors (Lipinski definition) is 5. The molecule has 1 aromatic heterocycles. The maximum atomic E-state index is 11.8. The van der Waals surface area contributed by atoms with Crippen LogP contribution in [0.5, 0.6) is 0 Å². The van der Waals surface area contributed by atoms with E-state index in [0.717, 1.165) is 34.4 Å². The second-order valence-electron chi connectivity index (χ2n) is 5.89. The Labute approximate surface area is 128 Å². The summed E-state index contributed by atoms with van der Waals surface area (Å²) in [4.78, 5) is 15.8. The van der Waals surface area contributed by atoms with Crippen LogP contribution in [0.15, 0.2) is 0 Å². The third-order valence-corrected chi connectivity index (χ3v) is 5.00. The number of nitrogens with zero attached hydrogens (tertiary/aromatic N) is 4. The lowest BCUT2D eigenvalue weighted by Gasteiger charge is -2.17. The maximum Gasteiger partial charge on any atom is 0.225 e. The average molecular weight is 312 g/mol. The van der Waals surface area contributed by atoms with Gasteiger partial charge in [-0.1, -0.05) is 11.3 Å². The molecule has 0 aliphatic heterocycles. The lowest BCUT2D eigenvalue weighted by atomic mass is 10.4. The second-order valence-corrected chi connectivity index (χ2v) is 7.49. The van der Waals surface area contributed by atoms with Gasteiger partial charge in [-0.2, -0.15) is 0 Å². The summed E-state index contributed by atoms with van der Waals surface area (Å²) in [6.45, 7) is 3.42. The molecule has 0 bridgehead atoms. The Bertz CT molecular complexity index is 559. The molecule has 1 heterocycles. The molecule has 110 valence electrons. The molecule has 0 saturated heterocycles. The van der Waals surface area contributed by atoms with E-state index < -0.39 is 0 Å². The van der Waals surface area contributed by atoms with Crippen LogP contribution in [-0.4, -0.2) is 40.2 Å². The van der Waals surface area contributed by atoms with Crippen LogP contribution in [0.1, 0.15) is 32.6 Å². The predicted molar refractivity (Wildman–Crippen MR) is 82.5 cm³/mol. The van der Waals surface area contributed by atoms with Gasteiger partial charge in [0.1, 0.15) is 0 Å². The molecule has 1 aromatic rings. The van der Waals surface area contributed by atoms with Gasteiger partial charge in [0.15, 0.2) is 3.95 Å². The van der Waals surface area contributed by atoms with E-state index in [9.17, 15) is 4.79 Å². The minimum absolute atomic E-state index is 0.0646. The van der Waals surface area contributed by atoms with Gasteiger partial charge in [0.05, 0.1) is 6.67 Å². The van der Waals surface area contributed by atoms with Crippen LogP contribution in [0.3, 0.4) is 0 Å². The van der Waals surface area contributed by atoms with Crippen molar-refractivity contribution in [2.24, 2.45) is 5.92 Å². The van der Waals surface area contributed by atoms with Gasteiger partial charge in [0.2, 0.25) is 11.0 Å². The summed E-state index contributed by atoms with van der Waals surface area (Å²) in [7, 11) is 2.10. The highest BCUT2D eigenvalue weighted by Gasteiger charge is 2.34. The Kier molecular flexibility index (Phi) is 3.92. The molecule has 7 heteroatoms. The Hall–Kier alpha value is -0.790. The number of rotatable bonds is 6. The standard InChI is InChI=1S/C13H20N4OS2/c1-9(18)17(11-5-6-11)12-14-16(13(19)20-12)8-15(2)7-10-3-4-10/h10-11H,3-8H2,1-2H3. The first kappa shape index (κ1) is 14.2. The molecule has 5 nitrogen and oxygen atoms in total. The zero-order valence-corrected chi connectivity index (χ0v) is 13.5. The van der Waals surface area contributed by atoms with Crippen LogP contribution in [0.25, 0.3) is 0 Å². The van der Waals surface area contributed by atoms with Crippen molar-refractivity contribution in [1.82, 2.24) is 14.7 Å². The Balaban J connectivity index is 1.72. The molecule has 0 unspecified atom stereocenters. The fourth-order valence-corrected chi connectivity index (χ4v) is 3.59. The van der Waals surface area contributed by atoms with Crippen molar-refractivity contribution in [2.45, 2.75) is 45.3 Å². The first-order chi connectivity index (χ1) is 9.54. The van der Waals surface area contributed by atoms with Crippen molar-refractivity contribution in [3.8, 4) is 0 Å². The van der Waals surface area contributed by atoms with E-state index in [1.54, 1.807) is 11.8 Å². The summed E-state index contributed by atoms with van der Waals surface area (Å²) in [5.41, 5.74) is 0. The van der Waals surface area contributed by atoms with E-state index in [2.05, 4.69) is 17.0 Å². The molecule has 3 rings (SSSR count). The first-order valence-electron chi connectivity index (χ1n) is 7.11. The van der Waals surface area contributed by atoms with E-state index in [1.807, 2.05) is 4.68 Å². The zero-order valence-electron chi connectivity index (χ0n) is 11.9. The van der Waals surface area contributed by atoms with Crippen LogP contribution in [-0.2, 0) is 11.5 Å². The Morgan fingerprint density at radius 1 is 1.45 bits per heavy atom. The summed E-state index contributed by atoms with van der Waals surface area (Å²) in [6.07, 6.45) is 4.84. The van der Waals surface area contributed by atoms with Gasteiger partial charge in [-0.05, 0) is 50.9 Å². The predicted octanol–water partition coefficient (Wildman–Crippen LogP) is 2.49. The third-order valence-electron chi connectivity index (χ3n) is 3.70. The maximum absolute atomic E-state index is 11.8. The zero-order chi connectivity index (χ0) is 14.3. The van der Waals surface area contributed by atoms with Crippen molar-refractivity contribution in [3.05, 3.63) is 3.95 Å². The van der Waals surface area contributed by atoms with Crippen LogP contribution in [0, 0.1) is 9.87 Å². The molecule has 2 saturated carbocycles. The van der Waals surface area contributed by atoms with Gasteiger partial charge in [-0.25, -0.2) is 4.68 Å². The summed E-state index contributed by atoms with van der Waals surface area (Å²) in [5, 5.41) is 5.31. The van der Waals surface area contributed by atoms with Crippen LogP contribution in [0.4, 0.5) is 5.13 Å². The topological polar surface area (TPSA) is 41.4 Å². The molecule has 0 aromatic carbocycles. The summed E-state index contributed by atoms with van der Waals surface area (Å²) in [6, 6.07) is 0.339. The van der Waals surface area contributed by atoms with Crippen molar-refractivity contribution in [3.63, 3.8) is 0 Å². The number of anilines is 1. The van der Waals surface area contributed by atoms with Crippen LogP contribution < -0.4 is 4.90 Å². The van der Waals surface area contributed by atoms with E-state index in [-0.39, 0.29) is 5.91 Å². The Morgan fingerprint density at radius 3 is 2.70 bits per heavy atom. The molecular formula is C13H20N4OS2. The minimum atomic E-state index is 0.0646. The SMILES string of the molecule is CC(=O)N(c1nn(CN(C)CC2CC2)c(=S)s1)C1CC1. The lowest BCUT2D eigenvalue weighted by molar-refractivity contribution is -0.116. The Morgan fingerprint density at radius 2 is 2.15 bits per heavy atom. The third kappa shape index (κ3) is 3.27. The van der Waals surface area contributed by atoms with Gasteiger partial charge in [0.25, 0.3) is 0 Å². The molecule has 2 aliphatic rings. The summed E-state index contributed by atoms with van der Waals surface area (Å²) < 4.78 is 2.59. The fourth-order valence-electron chi connectivity index (χ4n) is 2.39. The number of carbonyl (C=O) groups is 1. The van der Waals surface area contributed by atoms with E-state index in [4.69, 9.17) is 12.2 Å². The summed E-state index contributed by atoms with van der Waals surface area (Å²) >= 11 is 6.83. The van der Waals surface area contributed by atoms with Crippen LogP contribution >= 0.6 is 23.6 Å². The number of aromatic nitrogens is 2. The van der Waals surface area contributed by atoms with Crippen molar-refractivity contribution in [1.29, 1.82) is 0 Å². The molecule has 0 atom stereocenters. The van der Waals surface area contributed by atoms with Crippen molar-refractivity contribution < 1.29 is 4.79 Å². The number of amides is 1. The highest BCUT2D eigenvalue weighted by Crippen LogP contribution is 2.33. The fraction of sp³-hybridized carbons (Fsp3) is 0.769. The molecule has 2 aliphatic carbocycles. The normalized spacial score (nSPS) is 18.6. The highest BCUT2D eigenvalue weighted by atomic mass is 32.1. The molecule has 2 fully saturated rings. The van der Waals surface area contributed by atoms with Gasteiger partial charge in [-0.3, -0.25) is 14.6 Å². The van der Waals surface area contributed by atoms with E-state index in [0.29, 0.717) is 12.7 Å². The quantitative estimate of drug-likeness (QED) is 0.757. The molecule has 0 N–H and O–H groups in total. The average Bonchev–Trinajstić information content (AvgIpc) is 3.23. The highest BCUT2D eigenvalue weighted by molar-refractivity contribution is 7.73. The number of hydrogen-bond donors (Lipinski definition) is 0. The molecule has 20 heavy (non-hydrogen) atoms. The van der Waals surface area contributed by atoms with Crippen LogP contribution in [0.2, 0.25) is 0 Å². The summed E-state index contributed by atoms with van der Waals surface area (Å²) in [5.74, 6) is 0.919. The first-order valence-corrected chi connectivity index (χ1v) is 8.33. The van der Waals surface area contributed by atoms with Crippen molar-refractivity contribution in [2.75, 3.05) is 18.5 Å². The largest absolute Gasteiger partial charge is 0.287 e. The smallest absolute Gasteiger partial charge is 0.225 e. The second kappa shape index (κ2) is 5.54. The van der Waals surface area contributed by atoms with Gasteiger partial charge >= 0.3 is 0 Å². The molecular weight excluding hydrogens is 292 g/mol. The van der Waals surface area contributed by atoms with Gasteiger partial charge in [0, 0.05) is 19.5 Å². The molecule has 0 spiro atoms. The van der Waals surface area contributed by atoms with Gasteiger partial charge < -0.3 is 0 Å². The molecule has 1 amide bonds. The van der Waals surface area contributed by atoms with E-state index >= 15 is 0 Å². The number of carbonyl (C=O) groups excluding carboxylic acids is 1.